The van der Waals surface area contributed by atoms with Crippen molar-refractivity contribution in [1.82, 2.24) is 10.3 Å². The molecule has 0 aliphatic carbocycles. The van der Waals surface area contributed by atoms with Gasteiger partial charge in [0.1, 0.15) is 17.0 Å². The van der Waals surface area contributed by atoms with E-state index in [-0.39, 0.29) is 16.8 Å². The first kappa shape index (κ1) is 23.9. The maximum absolute atomic E-state index is 12.3. The first-order valence-corrected chi connectivity index (χ1v) is 11.8. The third-order valence-electron chi connectivity index (χ3n) is 4.68. The number of aromatic hydroxyl groups is 1. The molecule has 0 unspecified atom stereocenters. The van der Waals surface area contributed by atoms with Crippen LogP contribution in [0.4, 0.5) is 5.69 Å². The molecule has 4 rings (SSSR count). The number of hydrogen-bond donors (Lipinski definition) is 3. The predicted octanol–water partition coefficient (Wildman–Crippen LogP) is 6.26. The van der Waals surface area contributed by atoms with Gasteiger partial charge in [0.2, 0.25) is 11.8 Å². The average molecular weight is 603 g/mol. The van der Waals surface area contributed by atoms with Gasteiger partial charge in [-0.15, -0.1) is 0 Å². The van der Waals surface area contributed by atoms with Crippen LogP contribution < -0.4 is 15.4 Å². The van der Waals surface area contributed by atoms with Gasteiger partial charge >= 0.3 is 0 Å². The van der Waals surface area contributed by atoms with Gasteiger partial charge in [0.25, 0.3) is 0 Å². The number of oxazole rings is 1. The smallest absolute Gasteiger partial charge is 0.250 e. The first-order valence-electron chi connectivity index (χ1n) is 9.85. The Balaban J connectivity index is 1.43. The molecule has 3 aromatic carbocycles. The van der Waals surface area contributed by atoms with Gasteiger partial charge in [0.05, 0.1) is 11.6 Å². The number of ether oxygens (including phenoxy) is 1. The number of nitrogens with zero attached hydrogens (tertiary/aromatic N) is 1. The summed E-state index contributed by atoms with van der Waals surface area (Å²) in [5.41, 5.74) is 3.30. The van der Waals surface area contributed by atoms with Gasteiger partial charge in [-0.3, -0.25) is 10.1 Å². The predicted molar refractivity (Wildman–Crippen MR) is 143 cm³/mol. The standard InChI is InChI=1S/C24H17Br2N3O4S/c1-32-20-7-4-15(25)10-13(20)3-9-22(31)29-24(34)27-16-5-8-21-18(12-16)28-23(33-21)14-2-6-19(30)17(26)11-14/h2-12,30H,1H3,(H2,27,29,31,34). The lowest BCUT2D eigenvalue weighted by molar-refractivity contribution is -0.115. The van der Waals surface area contributed by atoms with Gasteiger partial charge in [-0.25, -0.2) is 4.98 Å². The van der Waals surface area contributed by atoms with Crippen molar-refractivity contribution in [3.8, 4) is 23.0 Å². The molecule has 10 heteroatoms. The molecule has 172 valence electrons. The van der Waals surface area contributed by atoms with Crippen molar-refractivity contribution in [1.29, 1.82) is 0 Å². The molecule has 0 saturated heterocycles. The van der Waals surface area contributed by atoms with E-state index in [0.717, 1.165) is 10.0 Å². The molecule has 0 spiro atoms. The minimum Gasteiger partial charge on any atom is -0.507 e. The van der Waals surface area contributed by atoms with Crippen molar-refractivity contribution in [3.63, 3.8) is 0 Å². The van der Waals surface area contributed by atoms with E-state index in [9.17, 15) is 9.90 Å². The fourth-order valence-electron chi connectivity index (χ4n) is 3.09. The number of halogens is 2. The van der Waals surface area contributed by atoms with Gasteiger partial charge in [-0.1, -0.05) is 15.9 Å². The van der Waals surface area contributed by atoms with Crippen molar-refractivity contribution in [2.45, 2.75) is 0 Å². The molecule has 0 aliphatic heterocycles. The first-order chi connectivity index (χ1) is 16.3. The molecule has 34 heavy (non-hydrogen) atoms. The average Bonchev–Trinajstić information content (AvgIpc) is 3.23. The van der Waals surface area contributed by atoms with Crippen LogP contribution >= 0.6 is 44.1 Å². The molecule has 0 saturated carbocycles. The summed E-state index contributed by atoms with van der Waals surface area (Å²) in [5, 5.41) is 15.4. The van der Waals surface area contributed by atoms with Crippen LogP contribution in [0.5, 0.6) is 11.5 Å². The minimum atomic E-state index is -0.387. The summed E-state index contributed by atoms with van der Waals surface area (Å²) in [6.07, 6.45) is 3.02. The second-order valence-corrected chi connectivity index (χ2v) is 9.21. The summed E-state index contributed by atoms with van der Waals surface area (Å²) in [6.45, 7) is 0. The van der Waals surface area contributed by atoms with Crippen LogP contribution in [-0.2, 0) is 4.79 Å². The van der Waals surface area contributed by atoms with E-state index in [1.165, 1.54) is 6.08 Å². The highest BCUT2D eigenvalue weighted by Gasteiger charge is 2.11. The number of phenols is 1. The molecule has 7 nitrogen and oxygen atoms in total. The summed E-state index contributed by atoms with van der Waals surface area (Å²) in [7, 11) is 1.57. The molecule has 3 N–H and O–H groups in total. The van der Waals surface area contributed by atoms with E-state index in [1.807, 2.05) is 12.1 Å². The van der Waals surface area contributed by atoms with Crippen LogP contribution in [0.15, 0.2) is 74.0 Å². The zero-order chi connectivity index (χ0) is 24.2. The normalized spacial score (nSPS) is 11.0. The second-order valence-electron chi connectivity index (χ2n) is 7.03. The molecule has 0 fully saturated rings. The molecule has 1 amide bonds. The van der Waals surface area contributed by atoms with Gasteiger partial charge in [0.15, 0.2) is 10.7 Å². The number of phenolic OH excluding ortho intramolecular Hbond substituents is 1. The third-order valence-corrected chi connectivity index (χ3v) is 6.02. The molecule has 0 radical (unpaired) electrons. The van der Waals surface area contributed by atoms with Crippen molar-refractivity contribution in [2.24, 2.45) is 0 Å². The molecule has 0 atom stereocenters. The summed E-state index contributed by atoms with van der Waals surface area (Å²) in [5.74, 6) is 0.805. The van der Waals surface area contributed by atoms with E-state index < -0.39 is 0 Å². The Morgan fingerprint density at radius 3 is 2.74 bits per heavy atom. The number of thiocarbonyl (C=S) groups is 1. The molecular weight excluding hydrogens is 586 g/mol. The number of methoxy groups -OCH3 is 1. The monoisotopic (exact) mass is 601 g/mol. The summed E-state index contributed by atoms with van der Waals surface area (Å²) in [4.78, 5) is 16.8. The number of anilines is 1. The number of carbonyl (C=O) groups excluding carboxylic acids is 1. The van der Waals surface area contributed by atoms with E-state index in [2.05, 4.69) is 47.5 Å². The van der Waals surface area contributed by atoms with Crippen LogP contribution in [0, 0.1) is 0 Å². The highest BCUT2D eigenvalue weighted by Crippen LogP contribution is 2.31. The summed E-state index contributed by atoms with van der Waals surface area (Å²) >= 11 is 12.0. The number of fused-ring (bicyclic) bond motifs is 1. The SMILES string of the molecule is COc1ccc(Br)cc1C=CC(=O)NC(=S)Nc1ccc2oc(-c3ccc(O)c(Br)c3)nc2c1. The zero-order valence-electron chi connectivity index (χ0n) is 17.6. The van der Waals surface area contributed by atoms with E-state index >= 15 is 0 Å². The Labute approximate surface area is 217 Å². The largest absolute Gasteiger partial charge is 0.507 e. The molecule has 1 aromatic heterocycles. The van der Waals surface area contributed by atoms with E-state index in [1.54, 1.807) is 55.7 Å². The van der Waals surface area contributed by atoms with Gasteiger partial charge in [-0.2, -0.15) is 0 Å². The zero-order valence-corrected chi connectivity index (χ0v) is 21.6. The highest BCUT2D eigenvalue weighted by atomic mass is 79.9. The number of carbonyl (C=O) groups is 1. The Morgan fingerprint density at radius 1 is 1.15 bits per heavy atom. The Kier molecular flexibility index (Phi) is 7.30. The fourth-order valence-corrected chi connectivity index (χ4v) is 4.06. The van der Waals surface area contributed by atoms with E-state index in [0.29, 0.717) is 38.5 Å². The van der Waals surface area contributed by atoms with E-state index in [4.69, 9.17) is 21.4 Å². The third kappa shape index (κ3) is 5.64. The topological polar surface area (TPSA) is 96.6 Å². The van der Waals surface area contributed by atoms with Crippen molar-refractivity contribution >= 4 is 78.0 Å². The number of hydrogen-bond acceptors (Lipinski definition) is 6. The summed E-state index contributed by atoms with van der Waals surface area (Å²) < 4.78 is 12.5. The van der Waals surface area contributed by atoms with Crippen LogP contribution in [0.2, 0.25) is 0 Å². The molecule has 0 aliphatic rings. The van der Waals surface area contributed by atoms with Gasteiger partial charge < -0.3 is 19.6 Å². The number of aromatic nitrogens is 1. The quantitative estimate of drug-likeness (QED) is 0.183. The Morgan fingerprint density at radius 2 is 1.97 bits per heavy atom. The van der Waals surface area contributed by atoms with Crippen molar-refractivity contribution in [3.05, 3.63) is 75.2 Å². The van der Waals surface area contributed by atoms with Gasteiger partial charge in [0, 0.05) is 27.4 Å². The highest BCUT2D eigenvalue weighted by molar-refractivity contribution is 9.10. The van der Waals surface area contributed by atoms with Crippen LogP contribution in [-0.4, -0.2) is 28.2 Å². The Hall–Kier alpha value is -3.21. The second kappa shape index (κ2) is 10.4. The lowest BCUT2D eigenvalue weighted by atomic mass is 10.2. The number of rotatable bonds is 5. The maximum atomic E-state index is 12.3. The van der Waals surface area contributed by atoms with Crippen LogP contribution in [0.3, 0.4) is 0 Å². The number of benzene rings is 3. The lowest BCUT2D eigenvalue weighted by Crippen LogP contribution is -2.32. The van der Waals surface area contributed by atoms with Gasteiger partial charge in [-0.05, 0) is 88.8 Å². The fraction of sp³-hybridized carbons (Fsp3) is 0.0417. The molecule has 0 bridgehead atoms. The number of amides is 1. The lowest BCUT2D eigenvalue weighted by Gasteiger charge is -2.08. The van der Waals surface area contributed by atoms with Crippen molar-refractivity contribution in [2.75, 3.05) is 12.4 Å². The molecule has 1 heterocycles. The molecule has 4 aromatic rings. The molecular formula is C24H17Br2N3O4S. The van der Waals surface area contributed by atoms with Crippen LogP contribution in [0.25, 0.3) is 28.6 Å². The van der Waals surface area contributed by atoms with Crippen molar-refractivity contribution < 1.29 is 19.1 Å². The number of nitrogens with one attached hydrogen (secondary N) is 2. The maximum Gasteiger partial charge on any atom is 0.250 e. The van der Waals surface area contributed by atoms with Crippen LogP contribution in [0.1, 0.15) is 5.56 Å². The minimum absolute atomic E-state index is 0.132. The Bertz CT molecular complexity index is 1440. The summed E-state index contributed by atoms with van der Waals surface area (Å²) in [6, 6.07) is 15.8.